The highest BCUT2D eigenvalue weighted by Crippen LogP contribution is 2.32. The number of sulfonamides is 1. The number of nitrogens with one attached hydrogen (secondary N) is 1. The Kier molecular flexibility index (Phi) is 6.96. The number of nitrogens with zero attached hydrogens (tertiary/aromatic N) is 2. The predicted molar refractivity (Wildman–Crippen MR) is 107 cm³/mol. The summed E-state index contributed by atoms with van der Waals surface area (Å²) in [5.74, 6) is -0.726. The molecule has 0 radical (unpaired) electrons. The summed E-state index contributed by atoms with van der Waals surface area (Å²) < 4.78 is 39.9. The van der Waals surface area contributed by atoms with Gasteiger partial charge in [-0.1, -0.05) is 24.1 Å². The summed E-state index contributed by atoms with van der Waals surface area (Å²) in [4.78, 5) is 14.9. The third kappa shape index (κ3) is 4.84. The molecule has 0 aromatic heterocycles. The van der Waals surface area contributed by atoms with Crippen LogP contribution in [0.5, 0.6) is 0 Å². The number of rotatable bonds is 6. The van der Waals surface area contributed by atoms with Crippen molar-refractivity contribution in [1.29, 1.82) is 0 Å². The molecule has 2 aliphatic rings. The molecule has 1 amide bonds. The molecule has 1 aromatic rings. The van der Waals surface area contributed by atoms with Crippen LogP contribution >= 0.6 is 11.6 Å². The lowest BCUT2D eigenvalue weighted by molar-refractivity contribution is -0.125. The van der Waals surface area contributed by atoms with E-state index in [9.17, 15) is 17.6 Å². The van der Waals surface area contributed by atoms with Crippen LogP contribution in [0.4, 0.5) is 4.39 Å². The van der Waals surface area contributed by atoms with Gasteiger partial charge >= 0.3 is 0 Å². The van der Waals surface area contributed by atoms with E-state index in [1.165, 1.54) is 10.4 Å². The zero-order valence-corrected chi connectivity index (χ0v) is 17.6. The maximum absolute atomic E-state index is 14.5. The minimum atomic E-state index is -3.46. The Morgan fingerprint density at radius 2 is 1.93 bits per heavy atom. The number of amides is 1. The Bertz CT molecular complexity index is 794. The number of piperidine rings is 1. The maximum Gasteiger partial charge on any atom is 0.238 e. The molecule has 2 saturated heterocycles. The highest BCUT2D eigenvalue weighted by molar-refractivity contribution is 7.88. The molecule has 1 N–H and O–H groups in total. The third-order valence-electron chi connectivity index (χ3n) is 5.57. The topological polar surface area (TPSA) is 69.7 Å². The molecule has 0 aliphatic carbocycles. The van der Waals surface area contributed by atoms with Crippen LogP contribution in [0.15, 0.2) is 18.2 Å². The predicted octanol–water partition coefficient (Wildman–Crippen LogP) is 2.55. The van der Waals surface area contributed by atoms with E-state index in [-0.39, 0.29) is 18.5 Å². The van der Waals surface area contributed by atoms with Gasteiger partial charge < -0.3 is 5.32 Å². The van der Waals surface area contributed by atoms with Gasteiger partial charge in [0.05, 0.1) is 12.3 Å². The second-order valence-electron chi connectivity index (χ2n) is 7.52. The largest absolute Gasteiger partial charge is 0.353 e. The van der Waals surface area contributed by atoms with E-state index in [0.717, 1.165) is 45.0 Å². The molecule has 2 heterocycles. The summed E-state index contributed by atoms with van der Waals surface area (Å²) in [6.45, 7) is 2.16. The molecule has 28 heavy (non-hydrogen) atoms. The number of carbonyl (C=O) groups excluding carboxylic acids is 1. The first-order chi connectivity index (χ1) is 13.3. The summed E-state index contributed by atoms with van der Waals surface area (Å²) in [5, 5.41) is 3.21. The Morgan fingerprint density at radius 3 is 2.57 bits per heavy atom. The molecule has 6 nitrogen and oxygen atoms in total. The van der Waals surface area contributed by atoms with Crippen LogP contribution in [-0.2, 0) is 14.8 Å². The second kappa shape index (κ2) is 9.07. The number of carbonyl (C=O) groups is 1. The molecule has 3 rings (SSSR count). The average Bonchev–Trinajstić information content (AvgIpc) is 3.17. The molecule has 2 aliphatic heterocycles. The maximum atomic E-state index is 14.5. The van der Waals surface area contributed by atoms with Crippen molar-refractivity contribution in [2.75, 3.05) is 32.4 Å². The van der Waals surface area contributed by atoms with Gasteiger partial charge in [0.15, 0.2) is 0 Å². The number of halogens is 2. The van der Waals surface area contributed by atoms with Crippen molar-refractivity contribution in [3.63, 3.8) is 0 Å². The van der Waals surface area contributed by atoms with Crippen LogP contribution in [-0.4, -0.2) is 62.0 Å². The zero-order valence-electron chi connectivity index (χ0n) is 16.0. The monoisotopic (exact) mass is 431 g/mol. The summed E-state index contributed by atoms with van der Waals surface area (Å²) in [6.07, 6.45) is 5.21. The molecule has 2 fully saturated rings. The molecule has 9 heteroatoms. The normalized spacial score (nSPS) is 22.9. The smallest absolute Gasteiger partial charge is 0.238 e. The van der Waals surface area contributed by atoms with Crippen molar-refractivity contribution in [2.24, 2.45) is 0 Å². The summed E-state index contributed by atoms with van der Waals surface area (Å²) >= 11 is 6.28. The van der Waals surface area contributed by atoms with Gasteiger partial charge in [0.1, 0.15) is 11.9 Å². The molecule has 0 saturated carbocycles. The fourth-order valence-electron chi connectivity index (χ4n) is 4.18. The average molecular weight is 432 g/mol. The summed E-state index contributed by atoms with van der Waals surface area (Å²) in [7, 11) is -3.46. The van der Waals surface area contributed by atoms with E-state index >= 15 is 0 Å². The number of likely N-dealkylation sites (tertiary alicyclic amines) is 1. The Morgan fingerprint density at radius 1 is 1.25 bits per heavy atom. The zero-order chi connectivity index (χ0) is 20.3. The van der Waals surface area contributed by atoms with Crippen molar-refractivity contribution in [3.8, 4) is 0 Å². The Hall–Kier alpha value is -1.22. The fraction of sp³-hybridized carbons (Fsp3) is 0.632. The van der Waals surface area contributed by atoms with E-state index in [0.29, 0.717) is 23.6 Å². The first-order valence-corrected chi connectivity index (χ1v) is 11.9. The first-order valence-electron chi connectivity index (χ1n) is 9.71. The minimum Gasteiger partial charge on any atom is -0.353 e. The lowest BCUT2D eigenvalue weighted by Crippen LogP contribution is -2.52. The lowest BCUT2D eigenvalue weighted by Gasteiger charge is -2.34. The van der Waals surface area contributed by atoms with E-state index < -0.39 is 21.9 Å². The molecule has 2 atom stereocenters. The first kappa shape index (κ1) is 21.5. The van der Waals surface area contributed by atoms with Crippen LogP contribution in [0.25, 0.3) is 0 Å². The van der Waals surface area contributed by atoms with Crippen LogP contribution in [0.2, 0.25) is 5.02 Å². The Balaban J connectivity index is 1.77. The fourth-order valence-corrected chi connectivity index (χ4v) is 5.59. The van der Waals surface area contributed by atoms with Crippen molar-refractivity contribution in [2.45, 2.75) is 44.2 Å². The van der Waals surface area contributed by atoms with Gasteiger partial charge in [0.2, 0.25) is 15.9 Å². The van der Waals surface area contributed by atoms with Gasteiger partial charge in [-0.25, -0.2) is 12.8 Å². The minimum absolute atomic E-state index is 0.188. The van der Waals surface area contributed by atoms with E-state index in [2.05, 4.69) is 10.2 Å². The van der Waals surface area contributed by atoms with Gasteiger partial charge in [-0.2, -0.15) is 4.31 Å². The molecule has 2 unspecified atom stereocenters. The van der Waals surface area contributed by atoms with Gasteiger partial charge in [-0.15, -0.1) is 0 Å². The van der Waals surface area contributed by atoms with Crippen molar-refractivity contribution in [1.82, 2.24) is 14.5 Å². The molecule has 0 spiro atoms. The number of benzene rings is 1. The van der Waals surface area contributed by atoms with Gasteiger partial charge in [-0.05, 0) is 50.9 Å². The highest BCUT2D eigenvalue weighted by atomic mass is 35.5. The van der Waals surface area contributed by atoms with E-state index in [1.807, 2.05) is 0 Å². The SMILES string of the molecule is CS(=O)(=O)N1CCCCC1C(=O)NCC(c1c(F)cccc1Cl)N1CCCC1. The lowest BCUT2D eigenvalue weighted by atomic mass is 10.0. The summed E-state index contributed by atoms with van der Waals surface area (Å²) in [5.41, 5.74) is 0.384. The molecular weight excluding hydrogens is 405 g/mol. The van der Waals surface area contributed by atoms with Crippen molar-refractivity contribution < 1.29 is 17.6 Å². The number of hydrogen-bond donors (Lipinski definition) is 1. The number of hydrogen-bond acceptors (Lipinski definition) is 4. The van der Waals surface area contributed by atoms with Gasteiger partial charge in [0.25, 0.3) is 0 Å². The van der Waals surface area contributed by atoms with Crippen molar-refractivity contribution >= 4 is 27.5 Å². The second-order valence-corrected chi connectivity index (χ2v) is 9.87. The standard InChI is InChI=1S/C19H27ClFN3O3S/c1-28(26,27)24-12-3-2-9-16(24)19(25)22-13-17(23-10-4-5-11-23)18-14(20)7-6-8-15(18)21/h6-8,16-17H,2-5,9-13H2,1H3,(H,22,25). The third-order valence-corrected chi connectivity index (χ3v) is 7.18. The van der Waals surface area contributed by atoms with Crippen LogP contribution in [0.1, 0.15) is 43.7 Å². The highest BCUT2D eigenvalue weighted by Gasteiger charge is 2.35. The summed E-state index contributed by atoms with van der Waals surface area (Å²) in [6, 6.07) is 3.50. The van der Waals surface area contributed by atoms with Gasteiger partial charge in [0, 0.05) is 23.7 Å². The van der Waals surface area contributed by atoms with Crippen LogP contribution in [0, 0.1) is 5.82 Å². The quantitative estimate of drug-likeness (QED) is 0.751. The van der Waals surface area contributed by atoms with E-state index in [1.54, 1.807) is 12.1 Å². The Labute approximate surface area is 171 Å². The van der Waals surface area contributed by atoms with Crippen LogP contribution in [0.3, 0.4) is 0 Å². The molecule has 1 aromatic carbocycles. The van der Waals surface area contributed by atoms with Gasteiger partial charge in [-0.3, -0.25) is 9.69 Å². The molecule has 0 bridgehead atoms. The van der Waals surface area contributed by atoms with E-state index in [4.69, 9.17) is 11.6 Å². The molecular formula is C19H27ClFN3O3S. The van der Waals surface area contributed by atoms with Crippen molar-refractivity contribution in [3.05, 3.63) is 34.6 Å². The molecule has 156 valence electrons. The van der Waals surface area contributed by atoms with Crippen LogP contribution < -0.4 is 5.32 Å².